The van der Waals surface area contributed by atoms with Crippen LogP contribution in [0.4, 0.5) is 5.82 Å². The van der Waals surface area contributed by atoms with Crippen molar-refractivity contribution in [1.82, 2.24) is 4.98 Å². The molecule has 2 rings (SSSR count). The van der Waals surface area contributed by atoms with E-state index in [0.29, 0.717) is 47.9 Å². The van der Waals surface area contributed by atoms with Gasteiger partial charge in [-0.3, -0.25) is 0 Å². The van der Waals surface area contributed by atoms with Crippen molar-refractivity contribution in [3.05, 3.63) is 21.8 Å². The number of aliphatic hydroxyl groups excluding tert-OH is 1. The van der Waals surface area contributed by atoms with Gasteiger partial charge >= 0.3 is 0 Å². The second-order valence-electron chi connectivity index (χ2n) is 5.67. The van der Waals surface area contributed by atoms with Crippen LogP contribution in [0.15, 0.2) is 0 Å². The number of hydrogen-bond donors (Lipinski definition) is 1. The molecule has 6 heteroatoms. The van der Waals surface area contributed by atoms with Crippen molar-refractivity contribution in [1.29, 1.82) is 10.5 Å². The molecule has 0 aliphatic carbocycles. The molecule has 1 aliphatic heterocycles. The van der Waals surface area contributed by atoms with Gasteiger partial charge in [0.25, 0.3) is 0 Å². The van der Waals surface area contributed by atoms with Crippen molar-refractivity contribution in [2.24, 2.45) is 5.92 Å². The van der Waals surface area contributed by atoms with Gasteiger partial charge in [-0.05, 0) is 24.3 Å². The number of halogens is 1. The Kier molecular flexibility index (Phi) is 4.67. The van der Waals surface area contributed by atoms with Gasteiger partial charge in [0.15, 0.2) is 0 Å². The van der Waals surface area contributed by atoms with Gasteiger partial charge in [0.1, 0.15) is 23.1 Å². The fourth-order valence-electron chi connectivity index (χ4n) is 2.36. The molecule has 0 amide bonds. The largest absolute Gasteiger partial charge is 0.389 e. The molecule has 1 N–H and O–H groups in total. The highest BCUT2D eigenvalue weighted by Crippen LogP contribution is 2.32. The molecule has 0 bridgehead atoms. The molecule has 1 aromatic heterocycles. The molecule has 0 atom stereocenters. The average molecular weight is 305 g/mol. The molecule has 0 radical (unpaired) electrons. The number of anilines is 1. The number of aromatic nitrogens is 1. The first-order valence-corrected chi connectivity index (χ1v) is 7.31. The summed E-state index contributed by atoms with van der Waals surface area (Å²) in [6.45, 7) is 5.06. The summed E-state index contributed by atoms with van der Waals surface area (Å²) in [5.74, 6) is 0.940. The Bertz CT molecular complexity index is 624. The lowest BCUT2D eigenvalue weighted by molar-refractivity contribution is 0.141. The van der Waals surface area contributed by atoms with Crippen molar-refractivity contribution in [3.63, 3.8) is 0 Å². The lowest BCUT2D eigenvalue weighted by atomic mass is 9.95. The molecule has 5 nitrogen and oxygen atoms in total. The maximum absolute atomic E-state index is 9.48. The van der Waals surface area contributed by atoms with Gasteiger partial charge in [-0.1, -0.05) is 25.4 Å². The van der Waals surface area contributed by atoms with E-state index >= 15 is 0 Å². The van der Waals surface area contributed by atoms with E-state index in [9.17, 15) is 15.6 Å². The first-order chi connectivity index (χ1) is 9.97. The molecule has 1 fully saturated rings. The fraction of sp³-hybridized carbons (Fsp3) is 0.533. The minimum atomic E-state index is -0.396. The molecular weight excluding hydrogens is 288 g/mol. The lowest BCUT2D eigenvalue weighted by Gasteiger charge is -2.37. The Morgan fingerprint density at radius 3 is 2.43 bits per heavy atom. The minimum absolute atomic E-state index is 0.131. The van der Waals surface area contributed by atoms with Gasteiger partial charge in [-0.15, -0.1) is 0 Å². The van der Waals surface area contributed by atoms with E-state index < -0.39 is 6.10 Å². The Morgan fingerprint density at radius 1 is 1.33 bits per heavy atom. The molecule has 1 aromatic rings. The van der Waals surface area contributed by atoms with Crippen LogP contribution in [0, 0.1) is 28.6 Å². The zero-order valence-corrected chi connectivity index (χ0v) is 12.9. The molecule has 21 heavy (non-hydrogen) atoms. The Labute approximate surface area is 129 Å². The first kappa shape index (κ1) is 15.6. The molecule has 1 aliphatic rings. The Hall–Kier alpha value is -1.82. The Balaban J connectivity index is 2.49. The predicted octanol–water partition coefficient (Wildman–Crippen LogP) is 2.25. The third kappa shape index (κ3) is 3.10. The van der Waals surface area contributed by atoms with Gasteiger partial charge in [-0.2, -0.15) is 10.5 Å². The summed E-state index contributed by atoms with van der Waals surface area (Å²) in [5.41, 5.74) is 1.37. The van der Waals surface area contributed by atoms with E-state index in [1.165, 1.54) is 0 Å². The predicted molar refractivity (Wildman–Crippen MR) is 80.1 cm³/mol. The molecule has 0 spiro atoms. The van der Waals surface area contributed by atoms with Crippen molar-refractivity contribution < 1.29 is 5.11 Å². The van der Waals surface area contributed by atoms with Gasteiger partial charge in [0, 0.05) is 13.1 Å². The number of rotatable bonds is 4. The van der Waals surface area contributed by atoms with Crippen LogP contribution in [0.5, 0.6) is 0 Å². The second kappa shape index (κ2) is 6.30. The summed E-state index contributed by atoms with van der Waals surface area (Å²) in [6.07, 6.45) is 1.09. The molecular formula is C15H17ClN4O. The van der Waals surface area contributed by atoms with Crippen molar-refractivity contribution in [2.75, 3.05) is 18.0 Å². The van der Waals surface area contributed by atoms with Crippen LogP contribution >= 0.6 is 11.6 Å². The summed E-state index contributed by atoms with van der Waals surface area (Å²) in [7, 11) is 0. The highest BCUT2D eigenvalue weighted by Gasteiger charge is 2.30. The van der Waals surface area contributed by atoms with Crippen molar-refractivity contribution >= 4 is 17.4 Å². The summed E-state index contributed by atoms with van der Waals surface area (Å²) in [5, 5.41) is 28.3. The first-order valence-electron chi connectivity index (χ1n) is 6.93. The lowest BCUT2D eigenvalue weighted by Crippen LogP contribution is -2.51. The van der Waals surface area contributed by atoms with Crippen molar-refractivity contribution in [3.8, 4) is 12.1 Å². The van der Waals surface area contributed by atoms with E-state index in [0.717, 1.165) is 6.42 Å². The zero-order chi connectivity index (χ0) is 15.6. The molecule has 110 valence electrons. The highest BCUT2D eigenvalue weighted by atomic mass is 35.5. The molecule has 2 heterocycles. The maximum atomic E-state index is 9.48. The van der Waals surface area contributed by atoms with Crippen LogP contribution in [0.3, 0.4) is 0 Å². The summed E-state index contributed by atoms with van der Waals surface area (Å²) in [4.78, 5) is 6.01. The number of β-amino-alcohol motifs (C(OH)–C–C–N with tert-alkyl or cyclic N) is 1. The number of pyridine rings is 1. The highest BCUT2D eigenvalue weighted by molar-refractivity contribution is 6.30. The smallest absolute Gasteiger partial charge is 0.149 e. The summed E-state index contributed by atoms with van der Waals surface area (Å²) < 4.78 is 0. The number of hydrogen-bond acceptors (Lipinski definition) is 5. The van der Waals surface area contributed by atoms with Crippen LogP contribution < -0.4 is 4.90 Å². The normalized spacial score (nSPS) is 14.7. The van der Waals surface area contributed by atoms with Crippen LogP contribution in [0.25, 0.3) is 0 Å². The van der Waals surface area contributed by atoms with E-state index in [1.54, 1.807) is 0 Å². The van der Waals surface area contributed by atoms with Crippen LogP contribution in [0.2, 0.25) is 5.15 Å². The molecule has 0 aromatic carbocycles. The fourth-order valence-corrected chi connectivity index (χ4v) is 2.60. The summed E-state index contributed by atoms with van der Waals surface area (Å²) in [6, 6.07) is 4.22. The summed E-state index contributed by atoms with van der Waals surface area (Å²) >= 11 is 6.11. The third-order valence-corrected chi connectivity index (χ3v) is 3.87. The van der Waals surface area contributed by atoms with Gasteiger partial charge in [0.05, 0.1) is 17.2 Å². The quantitative estimate of drug-likeness (QED) is 0.862. The van der Waals surface area contributed by atoms with Crippen LogP contribution in [-0.4, -0.2) is 29.3 Å². The SMILES string of the molecule is CC(C)CCc1c(C#N)c(Cl)nc(N2CC(O)C2)c1C#N. The number of nitriles is 2. The number of aliphatic hydroxyl groups is 1. The van der Waals surface area contributed by atoms with Crippen LogP contribution in [0.1, 0.15) is 37.0 Å². The third-order valence-electron chi connectivity index (χ3n) is 3.59. The topological polar surface area (TPSA) is 83.9 Å². The number of nitrogens with zero attached hydrogens (tertiary/aromatic N) is 4. The van der Waals surface area contributed by atoms with E-state index in [1.807, 2.05) is 4.90 Å². The maximum Gasteiger partial charge on any atom is 0.149 e. The van der Waals surface area contributed by atoms with E-state index in [4.69, 9.17) is 11.6 Å². The van der Waals surface area contributed by atoms with Crippen molar-refractivity contribution in [2.45, 2.75) is 32.8 Å². The zero-order valence-electron chi connectivity index (χ0n) is 12.1. The second-order valence-corrected chi connectivity index (χ2v) is 6.03. The van der Waals surface area contributed by atoms with Crippen LogP contribution in [-0.2, 0) is 6.42 Å². The van der Waals surface area contributed by atoms with Gasteiger partial charge in [-0.25, -0.2) is 4.98 Å². The molecule has 1 saturated heterocycles. The standard InChI is InChI=1S/C15H17ClN4O/c1-9(2)3-4-11-12(5-17)14(16)19-15(13(11)6-18)20-7-10(21)8-20/h9-10,21H,3-4,7-8H2,1-2H3. The Morgan fingerprint density at radius 2 is 1.95 bits per heavy atom. The van der Waals surface area contributed by atoms with Gasteiger partial charge in [0.2, 0.25) is 0 Å². The molecule has 0 saturated carbocycles. The monoisotopic (exact) mass is 304 g/mol. The molecule has 0 unspecified atom stereocenters. The van der Waals surface area contributed by atoms with E-state index in [-0.39, 0.29) is 5.15 Å². The average Bonchev–Trinajstić information content (AvgIpc) is 2.40. The minimum Gasteiger partial charge on any atom is -0.389 e. The van der Waals surface area contributed by atoms with E-state index in [2.05, 4.69) is 31.0 Å². The van der Waals surface area contributed by atoms with Gasteiger partial charge < -0.3 is 10.0 Å².